The van der Waals surface area contributed by atoms with Crippen LogP contribution >= 0.6 is 0 Å². The van der Waals surface area contributed by atoms with Crippen molar-refractivity contribution in [2.45, 2.75) is 58.7 Å². The van der Waals surface area contributed by atoms with E-state index >= 15 is 0 Å². The molecule has 0 bridgehead atoms. The Labute approximate surface area is 162 Å². The van der Waals surface area contributed by atoms with Crippen LogP contribution in [0.2, 0.25) is 0 Å². The lowest BCUT2D eigenvalue weighted by molar-refractivity contribution is -0.151. The molecule has 0 radical (unpaired) electrons. The number of rotatable bonds is 5. The van der Waals surface area contributed by atoms with E-state index in [-0.39, 0.29) is 30.1 Å². The lowest BCUT2D eigenvalue weighted by atomic mass is 9.90. The molecule has 1 saturated heterocycles. The predicted octanol–water partition coefficient (Wildman–Crippen LogP) is 3.53. The molecule has 3 atom stereocenters. The second kappa shape index (κ2) is 9.22. The molecule has 27 heavy (non-hydrogen) atoms. The molecule has 1 aromatic carbocycles. The minimum absolute atomic E-state index is 0.0479. The van der Waals surface area contributed by atoms with E-state index in [4.69, 9.17) is 9.47 Å². The molecule has 0 saturated carbocycles. The molecule has 6 heteroatoms. The van der Waals surface area contributed by atoms with Crippen molar-refractivity contribution < 1.29 is 19.1 Å². The SMILES string of the molecule is CCOC(=O)[C@@H]1CCN(C(=O)OC(C)(C)C)C[C@H]1NC(C)c1ccccc1. The zero-order valence-electron chi connectivity index (χ0n) is 17.0. The molecule has 1 aromatic rings. The summed E-state index contributed by atoms with van der Waals surface area (Å²) >= 11 is 0. The van der Waals surface area contributed by atoms with E-state index in [9.17, 15) is 9.59 Å². The molecule has 1 amide bonds. The number of esters is 1. The van der Waals surface area contributed by atoms with Crippen LogP contribution in [0.25, 0.3) is 0 Å². The summed E-state index contributed by atoms with van der Waals surface area (Å²) in [6, 6.07) is 9.90. The van der Waals surface area contributed by atoms with Crippen molar-refractivity contribution >= 4 is 12.1 Å². The Morgan fingerprint density at radius 3 is 2.52 bits per heavy atom. The Balaban J connectivity index is 2.12. The van der Waals surface area contributed by atoms with E-state index in [1.807, 2.05) is 58.0 Å². The number of piperidine rings is 1. The van der Waals surface area contributed by atoms with Gasteiger partial charge in [-0.15, -0.1) is 0 Å². The van der Waals surface area contributed by atoms with Crippen LogP contribution in [-0.4, -0.2) is 48.3 Å². The first-order valence-corrected chi connectivity index (χ1v) is 9.67. The smallest absolute Gasteiger partial charge is 0.410 e. The summed E-state index contributed by atoms with van der Waals surface area (Å²) in [5.74, 6) is -0.492. The van der Waals surface area contributed by atoms with Crippen LogP contribution in [0.5, 0.6) is 0 Å². The number of benzene rings is 1. The lowest BCUT2D eigenvalue weighted by Crippen LogP contribution is -2.56. The topological polar surface area (TPSA) is 67.9 Å². The van der Waals surface area contributed by atoms with Crippen LogP contribution < -0.4 is 5.32 Å². The van der Waals surface area contributed by atoms with E-state index in [1.165, 1.54) is 0 Å². The summed E-state index contributed by atoms with van der Waals surface area (Å²) in [7, 11) is 0. The molecule has 0 aliphatic carbocycles. The van der Waals surface area contributed by atoms with E-state index in [1.54, 1.807) is 4.90 Å². The molecule has 0 aromatic heterocycles. The highest BCUT2D eigenvalue weighted by atomic mass is 16.6. The predicted molar refractivity (Wildman–Crippen MR) is 104 cm³/mol. The summed E-state index contributed by atoms with van der Waals surface area (Å²) in [5, 5.41) is 3.52. The maximum atomic E-state index is 12.5. The highest BCUT2D eigenvalue weighted by molar-refractivity contribution is 5.74. The molecule has 0 spiro atoms. The lowest BCUT2D eigenvalue weighted by Gasteiger charge is -2.39. The van der Waals surface area contributed by atoms with Gasteiger partial charge in [-0.2, -0.15) is 0 Å². The largest absolute Gasteiger partial charge is 0.466 e. The number of carbonyl (C=O) groups is 2. The minimum Gasteiger partial charge on any atom is -0.466 e. The van der Waals surface area contributed by atoms with Crippen LogP contribution in [0, 0.1) is 5.92 Å². The highest BCUT2D eigenvalue weighted by Gasteiger charge is 2.38. The molecular weight excluding hydrogens is 344 g/mol. The number of hydrogen-bond acceptors (Lipinski definition) is 5. The third-order valence-corrected chi connectivity index (χ3v) is 4.62. The average molecular weight is 376 g/mol. The summed E-state index contributed by atoms with van der Waals surface area (Å²) in [6.07, 6.45) is 0.209. The quantitative estimate of drug-likeness (QED) is 0.797. The molecule has 1 N–H and O–H groups in total. The van der Waals surface area contributed by atoms with Crippen molar-refractivity contribution in [3.63, 3.8) is 0 Å². The zero-order chi connectivity index (χ0) is 20.0. The Morgan fingerprint density at radius 1 is 1.26 bits per heavy atom. The van der Waals surface area contributed by atoms with Crippen LogP contribution in [0.15, 0.2) is 30.3 Å². The first kappa shape index (κ1) is 21.2. The molecule has 6 nitrogen and oxygen atoms in total. The van der Waals surface area contributed by atoms with Crippen molar-refractivity contribution in [3.8, 4) is 0 Å². The molecule has 1 aliphatic heterocycles. The van der Waals surface area contributed by atoms with Gasteiger partial charge in [0.25, 0.3) is 0 Å². The molecule has 1 fully saturated rings. The van der Waals surface area contributed by atoms with Gasteiger partial charge in [0, 0.05) is 25.2 Å². The fraction of sp³-hybridized carbons (Fsp3) is 0.619. The van der Waals surface area contributed by atoms with Gasteiger partial charge in [-0.1, -0.05) is 30.3 Å². The first-order chi connectivity index (χ1) is 12.7. The van der Waals surface area contributed by atoms with E-state index in [2.05, 4.69) is 12.2 Å². The van der Waals surface area contributed by atoms with Crippen LogP contribution in [0.4, 0.5) is 4.79 Å². The third-order valence-electron chi connectivity index (χ3n) is 4.62. The third kappa shape index (κ3) is 6.24. The number of nitrogens with one attached hydrogen (secondary N) is 1. The van der Waals surface area contributed by atoms with E-state index < -0.39 is 5.60 Å². The molecule has 2 rings (SSSR count). The van der Waals surface area contributed by atoms with E-state index in [0.717, 1.165) is 5.56 Å². The first-order valence-electron chi connectivity index (χ1n) is 9.67. The molecule has 150 valence electrons. The normalized spacial score (nSPS) is 21.4. The van der Waals surface area contributed by atoms with Gasteiger partial charge in [-0.3, -0.25) is 4.79 Å². The minimum atomic E-state index is -0.546. The summed E-state index contributed by atoms with van der Waals surface area (Å²) in [4.78, 5) is 26.6. The summed E-state index contributed by atoms with van der Waals surface area (Å²) in [5.41, 5.74) is 0.587. The average Bonchev–Trinajstić information content (AvgIpc) is 2.61. The van der Waals surface area contributed by atoms with Crippen molar-refractivity contribution in [2.75, 3.05) is 19.7 Å². The van der Waals surface area contributed by atoms with Crippen molar-refractivity contribution in [1.29, 1.82) is 0 Å². The number of amides is 1. The van der Waals surface area contributed by atoms with Gasteiger partial charge < -0.3 is 19.7 Å². The Morgan fingerprint density at radius 2 is 1.93 bits per heavy atom. The molecule has 1 heterocycles. The number of carbonyl (C=O) groups excluding carboxylic acids is 2. The fourth-order valence-corrected chi connectivity index (χ4v) is 3.30. The number of hydrogen-bond donors (Lipinski definition) is 1. The molecular formula is C21H32N2O4. The van der Waals surface area contributed by atoms with Crippen LogP contribution in [0.3, 0.4) is 0 Å². The van der Waals surface area contributed by atoms with Crippen molar-refractivity contribution in [3.05, 3.63) is 35.9 Å². The highest BCUT2D eigenvalue weighted by Crippen LogP contribution is 2.24. The van der Waals surface area contributed by atoms with Crippen molar-refractivity contribution in [1.82, 2.24) is 10.2 Å². The van der Waals surface area contributed by atoms with Gasteiger partial charge in [0.15, 0.2) is 0 Å². The summed E-state index contributed by atoms with van der Waals surface area (Å²) in [6.45, 7) is 10.7. The van der Waals surface area contributed by atoms with Crippen molar-refractivity contribution in [2.24, 2.45) is 5.92 Å². The fourth-order valence-electron chi connectivity index (χ4n) is 3.30. The second-order valence-electron chi connectivity index (χ2n) is 7.98. The van der Waals surface area contributed by atoms with Gasteiger partial charge in [0.05, 0.1) is 12.5 Å². The number of ether oxygens (including phenoxy) is 2. The van der Waals surface area contributed by atoms with E-state index in [0.29, 0.717) is 26.1 Å². The number of nitrogens with zero attached hydrogens (tertiary/aromatic N) is 1. The monoisotopic (exact) mass is 376 g/mol. The Hall–Kier alpha value is -2.08. The zero-order valence-corrected chi connectivity index (χ0v) is 17.0. The Bertz CT molecular complexity index is 627. The van der Waals surface area contributed by atoms with Gasteiger partial charge in [-0.25, -0.2) is 4.79 Å². The van der Waals surface area contributed by atoms with Crippen LogP contribution in [0.1, 0.15) is 52.6 Å². The second-order valence-corrected chi connectivity index (χ2v) is 7.98. The summed E-state index contributed by atoms with van der Waals surface area (Å²) < 4.78 is 10.8. The van der Waals surface area contributed by atoms with Gasteiger partial charge in [0.2, 0.25) is 0 Å². The molecule has 1 unspecified atom stereocenters. The number of likely N-dealkylation sites (tertiary alicyclic amines) is 1. The maximum absolute atomic E-state index is 12.5. The maximum Gasteiger partial charge on any atom is 0.410 e. The molecule has 1 aliphatic rings. The Kier molecular flexibility index (Phi) is 7.25. The van der Waals surface area contributed by atoms with Crippen LogP contribution in [-0.2, 0) is 14.3 Å². The standard InChI is InChI=1S/C21H32N2O4/c1-6-26-19(24)17-12-13-23(20(25)27-21(3,4)5)14-18(17)22-15(2)16-10-8-7-9-11-16/h7-11,15,17-18,22H,6,12-14H2,1-5H3/t15?,17-,18-/m1/s1. The van der Waals surface area contributed by atoms with Gasteiger partial charge >= 0.3 is 12.1 Å². The van der Waals surface area contributed by atoms with Gasteiger partial charge in [0.1, 0.15) is 5.60 Å². The van der Waals surface area contributed by atoms with Gasteiger partial charge in [-0.05, 0) is 46.6 Å².